The van der Waals surface area contributed by atoms with Crippen molar-refractivity contribution in [3.63, 3.8) is 0 Å². The normalized spacial score (nSPS) is 14.2. The monoisotopic (exact) mass is 444 g/mol. The minimum atomic E-state index is -3.21. The van der Waals surface area contributed by atoms with Gasteiger partial charge in [0.25, 0.3) is 0 Å². The summed E-state index contributed by atoms with van der Waals surface area (Å²) >= 11 is 0. The molecule has 0 spiro atoms. The Balaban J connectivity index is 3.23. The van der Waals surface area contributed by atoms with Crippen molar-refractivity contribution in [2.24, 2.45) is 0 Å². The van der Waals surface area contributed by atoms with Crippen LogP contribution in [0.15, 0.2) is 30.8 Å². The van der Waals surface area contributed by atoms with Crippen molar-refractivity contribution in [3.8, 4) is 0 Å². The minimum absolute atomic E-state index is 1.08. The van der Waals surface area contributed by atoms with Crippen LogP contribution >= 0.6 is 0 Å². The molecule has 1 aromatic rings. The van der Waals surface area contributed by atoms with Gasteiger partial charge in [0, 0.05) is 0 Å². The maximum Gasteiger partial charge on any atom is 0.636 e. The molecule has 0 bridgehead atoms. The second kappa shape index (κ2) is 8.92. The second-order valence-corrected chi connectivity index (χ2v) is 27.7. The predicted molar refractivity (Wildman–Crippen MR) is 125 cm³/mol. The van der Waals surface area contributed by atoms with Crippen LogP contribution in [0.1, 0.15) is 5.56 Å². The van der Waals surface area contributed by atoms with Crippen LogP contribution in [0.3, 0.4) is 0 Å². The Kier molecular flexibility index (Phi) is 8.21. The average Bonchev–Trinajstić information content (AvgIpc) is 2.39. The Hall–Kier alpha value is -0.116. The van der Waals surface area contributed by atoms with E-state index in [-0.39, 0.29) is 0 Å². The Morgan fingerprint density at radius 1 is 0.769 bits per heavy atom. The summed E-state index contributed by atoms with van der Waals surface area (Å²) < 4.78 is 26.2. The molecule has 9 heteroatoms. The molecule has 0 aliphatic heterocycles. The van der Waals surface area contributed by atoms with Crippen LogP contribution in [0, 0.1) is 0 Å². The molecule has 1 rings (SSSR count). The molecule has 0 saturated carbocycles. The van der Waals surface area contributed by atoms with Crippen molar-refractivity contribution in [3.05, 3.63) is 36.4 Å². The first-order chi connectivity index (χ1) is 11.6. The maximum absolute atomic E-state index is 6.56. The fraction of sp³-hybridized carbons (Fsp3) is 0.529. The first-order valence-electron chi connectivity index (χ1n) is 9.10. The van der Waals surface area contributed by atoms with Gasteiger partial charge in [0.05, 0.1) is 0 Å². The van der Waals surface area contributed by atoms with E-state index in [4.69, 9.17) is 16.5 Å². The molecule has 0 aliphatic carbocycles. The average molecular weight is 445 g/mol. The molecule has 26 heavy (non-hydrogen) atoms. The standard InChI is InChI=1S/C17H36O4Si5/c1-11-16-14-12-13-15-17(16)22-18-26(19-23(2,3)4,20-24(5,6)7)21-25(8,9)10/h11-15H,1,22H2,2-10H3. The summed E-state index contributed by atoms with van der Waals surface area (Å²) in [6.07, 6.45) is 1.88. The van der Waals surface area contributed by atoms with E-state index in [0.29, 0.717) is 0 Å². The second-order valence-electron chi connectivity index (χ2n) is 9.33. The van der Waals surface area contributed by atoms with Crippen molar-refractivity contribution in [2.75, 3.05) is 0 Å². The van der Waals surface area contributed by atoms with Crippen molar-refractivity contribution in [1.29, 1.82) is 0 Å². The molecule has 0 aromatic heterocycles. The molecule has 0 heterocycles. The lowest BCUT2D eigenvalue weighted by Gasteiger charge is -2.41. The molecule has 0 fully saturated rings. The first kappa shape index (κ1) is 23.9. The fourth-order valence-electron chi connectivity index (χ4n) is 2.31. The smallest absolute Gasteiger partial charge is 0.397 e. The van der Waals surface area contributed by atoms with Crippen LogP contribution in [0.4, 0.5) is 0 Å². The Morgan fingerprint density at radius 3 is 1.58 bits per heavy atom. The number of hydrogen-bond acceptors (Lipinski definition) is 4. The van der Waals surface area contributed by atoms with Crippen LogP contribution in [-0.4, -0.2) is 43.8 Å². The van der Waals surface area contributed by atoms with Gasteiger partial charge in [0.1, 0.15) is 0 Å². The number of benzene rings is 1. The van der Waals surface area contributed by atoms with E-state index in [2.05, 4.69) is 77.6 Å². The zero-order valence-corrected chi connectivity index (χ0v) is 23.3. The van der Waals surface area contributed by atoms with E-state index in [1.54, 1.807) is 0 Å². The van der Waals surface area contributed by atoms with Gasteiger partial charge in [-0.3, -0.25) is 0 Å². The number of hydrogen-bond donors (Lipinski definition) is 0. The van der Waals surface area contributed by atoms with Gasteiger partial charge in [-0.05, 0) is 69.7 Å². The molecular formula is C17H36O4Si5. The molecule has 0 N–H and O–H groups in total. The van der Waals surface area contributed by atoms with E-state index in [1.165, 1.54) is 5.19 Å². The Bertz CT molecular complexity index is 562. The van der Waals surface area contributed by atoms with Gasteiger partial charge in [0.15, 0.2) is 34.7 Å². The molecule has 0 atom stereocenters. The molecule has 0 unspecified atom stereocenters. The van der Waals surface area contributed by atoms with Crippen LogP contribution in [0.5, 0.6) is 0 Å². The van der Waals surface area contributed by atoms with Crippen molar-refractivity contribution >= 4 is 55.0 Å². The van der Waals surface area contributed by atoms with Crippen molar-refractivity contribution in [2.45, 2.75) is 58.9 Å². The predicted octanol–water partition coefficient (Wildman–Crippen LogP) is 4.05. The zero-order chi connectivity index (χ0) is 20.2. The minimum Gasteiger partial charge on any atom is -0.397 e. The van der Waals surface area contributed by atoms with Gasteiger partial charge in [0.2, 0.25) is 0 Å². The SMILES string of the molecule is C=Cc1ccccc1[SiH2]O[Si](O[Si](C)(C)C)(O[Si](C)(C)C)O[Si](C)(C)C. The zero-order valence-electron chi connectivity index (χ0n) is 17.9. The fourth-order valence-corrected chi connectivity index (χ4v) is 17.2. The molecular weight excluding hydrogens is 409 g/mol. The molecule has 0 amide bonds. The highest BCUT2D eigenvalue weighted by Crippen LogP contribution is 2.26. The van der Waals surface area contributed by atoms with E-state index in [1.807, 2.05) is 18.2 Å². The Labute approximate surface area is 166 Å². The Morgan fingerprint density at radius 2 is 1.19 bits per heavy atom. The van der Waals surface area contributed by atoms with Gasteiger partial charge in [-0.2, -0.15) is 0 Å². The van der Waals surface area contributed by atoms with Gasteiger partial charge >= 0.3 is 9.05 Å². The van der Waals surface area contributed by atoms with Gasteiger partial charge in [-0.25, -0.2) is 0 Å². The highest BCUT2D eigenvalue weighted by Gasteiger charge is 2.53. The largest absolute Gasteiger partial charge is 0.636 e. The lowest BCUT2D eigenvalue weighted by atomic mass is 10.2. The lowest BCUT2D eigenvalue weighted by molar-refractivity contribution is 0.156. The lowest BCUT2D eigenvalue weighted by Crippen LogP contribution is -2.63. The molecule has 148 valence electrons. The number of rotatable bonds is 10. The molecule has 0 radical (unpaired) electrons. The molecule has 1 aromatic carbocycles. The quantitative estimate of drug-likeness (QED) is 0.510. The summed E-state index contributed by atoms with van der Waals surface area (Å²) in [4.78, 5) is 0. The van der Waals surface area contributed by atoms with E-state index in [0.717, 1.165) is 5.56 Å². The van der Waals surface area contributed by atoms with E-state index in [9.17, 15) is 0 Å². The highest BCUT2D eigenvalue weighted by atomic mass is 28.5. The van der Waals surface area contributed by atoms with Gasteiger partial charge < -0.3 is 16.5 Å². The third-order valence-electron chi connectivity index (χ3n) is 2.97. The summed E-state index contributed by atoms with van der Waals surface area (Å²) in [5, 5.41) is 1.21. The third kappa shape index (κ3) is 9.19. The topological polar surface area (TPSA) is 36.9 Å². The molecule has 4 nitrogen and oxygen atoms in total. The van der Waals surface area contributed by atoms with Gasteiger partial charge in [-0.1, -0.05) is 36.9 Å². The summed E-state index contributed by atoms with van der Waals surface area (Å²) in [5.74, 6) is 0. The first-order valence-corrected chi connectivity index (χ1v) is 22.2. The van der Waals surface area contributed by atoms with E-state index < -0.39 is 43.8 Å². The molecule has 0 saturated heterocycles. The highest BCUT2D eigenvalue weighted by molar-refractivity contribution is 6.89. The summed E-state index contributed by atoms with van der Waals surface area (Å²) in [6, 6.07) is 8.25. The summed E-state index contributed by atoms with van der Waals surface area (Å²) in [7, 11) is -10.0. The third-order valence-corrected chi connectivity index (χ3v) is 16.3. The van der Waals surface area contributed by atoms with Crippen LogP contribution < -0.4 is 5.19 Å². The maximum atomic E-state index is 6.56. The van der Waals surface area contributed by atoms with Gasteiger partial charge in [-0.15, -0.1) is 0 Å². The summed E-state index contributed by atoms with van der Waals surface area (Å²) in [6.45, 7) is 23.4. The van der Waals surface area contributed by atoms with Crippen molar-refractivity contribution < 1.29 is 16.5 Å². The van der Waals surface area contributed by atoms with Crippen molar-refractivity contribution in [1.82, 2.24) is 0 Å². The van der Waals surface area contributed by atoms with E-state index >= 15 is 0 Å². The van der Waals surface area contributed by atoms with Crippen LogP contribution in [-0.2, 0) is 16.5 Å². The molecule has 0 aliphatic rings. The summed E-state index contributed by atoms with van der Waals surface area (Å²) in [5.41, 5.74) is 1.12. The van der Waals surface area contributed by atoms with Crippen LogP contribution in [0.25, 0.3) is 6.08 Å². The van der Waals surface area contributed by atoms with Crippen LogP contribution in [0.2, 0.25) is 58.9 Å².